The van der Waals surface area contributed by atoms with Crippen molar-refractivity contribution >= 4 is 34.0 Å². The van der Waals surface area contributed by atoms with Crippen molar-refractivity contribution < 1.29 is 14.8 Å². The van der Waals surface area contributed by atoms with Crippen molar-refractivity contribution in [3.63, 3.8) is 0 Å². The number of rotatable bonds is 5. The Kier molecular flexibility index (Phi) is 5.50. The minimum absolute atomic E-state index is 0.0434. The Morgan fingerprint density at radius 3 is 2.36 bits per heavy atom. The Morgan fingerprint density at radius 2 is 1.58 bits per heavy atom. The van der Waals surface area contributed by atoms with E-state index in [-0.39, 0.29) is 11.9 Å². The molecule has 0 radical (unpaired) electrons. The third kappa shape index (κ3) is 4.16. The summed E-state index contributed by atoms with van der Waals surface area (Å²) >= 11 is 0. The van der Waals surface area contributed by atoms with E-state index in [2.05, 4.69) is 40.5 Å². The molecular formula is C27H23N3O3. The molecule has 0 fully saturated rings. The number of nitrogens with zero attached hydrogens (tertiary/aromatic N) is 1. The highest BCUT2D eigenvalue weighted by atomic mass is 16.5. The van der Waals surface area contributed by atoms with Crippen molar-refractivity contribution in [2.45, 2.75) is 19.0 Å². The lowest BCUT2D eigenvalue weighted by Gasteiger charge is -2.38. The van der Waals surface area contributed by atoms with Crippen molar-refractivity contribution in [1.82, 2.24) is 5.48 Å². The second-order valence-electron chi connectivity index (χ2n) is 8.17. The quantitative estimate of drug-likeness (QED) is 0.317. The summed E-state index contributed by atoms with van der Waals surface area (Å²) in [6, 6.07) is 28.9. The van der Waals surface area contributed by atoms with E-state index in [0.29, 0.717) is 18.5 Å². The number of carbonyl (C=O) groups excluding carboxylic acids is 2. The summed E-state index contributed by atoms with van der Waals surface area (Å²) in [4.78, 5) is 26.9. The lowest BCUT2D eigenvalue weighted by molar-refractivity contribution is -0.117. The molecule has 0 spiro atoms. The van der Waals surface area contributed by atoms with Crippen molar-refractivity contribution in [3.8, 4) is 0 Å². The number of para-hydroxylation sites is 2. The van der Waals surface area contributed by atoms with Gasteiger partial charge in [-0.1, -0.05) is 66.7 Å². The molecule has 1 atom stereocenters. The first-order chi connectivity index (χ1) is 16.1. The van der Waals surface area contributed by atoms with Gasteiger partial charge in [0, 0.05) is 18.5 Å². The summed E-state index contributed by atoms with van der Waals surface area (Å²) in [7, 11) is 0. The Bertz CT molecular complexity index is 1330. The summed E-state index contributed by atoms with van der Waals surface area (Å²) in [6.45, 7) is 0.504. The smallest absolute Gasteiger partial charge is 0.274 e. The van der Waals surface area contributed by atoms with Crippen molar-refractivity contribution in [2.75, 3.05) is 10.2 Å². The predicted octanol–water partition coefficient (Wildman–Crippen LogP) is 4.53. The maximum Gasteiger partial charge on any atom is 0.274 e. The van der Waals surface area contributed by atoms with Crippen LogP contribution in [0.5, 0.6) is 0 Å². The van der Waals surface area contributed by atoms with Crippen LogP contribution in [-0.4, -0.2) is 23.1 Å². The number of hydrogen-bond donors (Lipinski definition) is 3. The van der Waals surface area contributed by atoms with Gasteiger partial charge in [0.05, 0.1) is 11.4 Å². The van der Waals surface area contributed by atoms with Crippen LogP contribution in [0.4, 0.5) is 11.4 Å². The normalized spacial score (nSPS) is 15.1. The van der Waals surface area contributed by atoms with Crippen LogP contribution < -0.4 is 15.7 Å². The predicted molar refractivity (Wildman–Crippen MR) is 128 cm³/mol. The van der Waals surface area contributed by atoms with E-state index in [1.54, 1.807) is 17.6 Å². The highest BCUT2D eigenvalue weighted by molar-refractivity contribution is 6.03. The van der Waals surface area contributed by atoms with Gasteiger partial charge in [-0.2, -0.15) is 0 Å². The van der Waals surface area contributed by atoms with Crippen LogP contribution in [0.15, 0.2) is 91.0 Å². The number of hydroxylamine groups is 1. The Labute approximate surface area is 191 Å². The molecule has 6 nitrogen and oxygen atoms in total. The Morgan fingerprint density at radius 1 is 0.879 bits per heavy atom. The maximum absolute atomic E-state index is 13.2. The fourth-order valence-corrected chi connectivity index (χ4v) is 4.37. The standard InChI is InChI=1S/C27H23N3O3/c31-26(29-33)21-13-9-18(10-14-21)17-30-24-8-4-3-7-23(24)28-27(32)25(30)16-19-11-12-20-5-1-2-6-22(20)15-19/h1-15,25,33H,16-17H2,(H,28,32)(H,29,31)/t25-/m1/s1. The molecule has 0 saturated heterocycles. The first-order valence-corrected chi connectivity index (χ1v) is 10.8. The number of fused-ring (bicyclic) bond motifs is 2. The maximum atomic E-state index is 13.2. The van der Waals surface area contributed by atoms with Gasteiger partial charge in [0.15, 0.2) is 0 Å². The van der Waals surface area contributed by atoms with Gasteiger partial charge in [-0.3, -0.25) is 14.8 Å². The molecule has 33 heavy (non-hydrogen) atoms. The third-order valence-electron chi connectivity index (χ3n) is 6.06. The van der Waals surface area contributed by atoms with E-state index in [0.717, 1.165) is 27.9 Å². The first kappa shape index (κ1) is 20.7. The van der Waals surface area contributed by atoms with Gasteiger partial charge in [-0.15, -0.1) is 0 Å². The molecule has 3 N–H and O–H groups in total. The topological polar surface area (TPSA) is 81.7 Å². The van der Waals surface area contributed by atoms with Crippen LogP contribution in [0.25, 0.3) is 10.8 Å². The molecule has 1 aliphatic rings. The molecule has 2 amide bonds. The van der Waals surface area contributed by atoms with Gasteiger partial charge in [-0.25, -0.2) is 5.48 Å². The molecule has 0 bridgehead atoms. The van der Waals surface area contributed by atoms with Crippen molar-refractivity contribution in [2.24, 2.45) is 0 Å². The Hall–Kier alpha value is -4.16. The van der Waals surface area contributed by atoms with E-state index in [1.165, 1.54) is 5.39 Å². The minimum atomic E-state index is -0.557. The third-order valence-corrected chi connectivity index (χ3v) is 6.06. The summed E-state index contributed by atoms with van der Waals surface area (Å²) in [5, 5.41) is 14.2. The van der Waals surface area contributed by atoms with Gasteiger partial charge in [0.2, 0.25) is 5.91 Å². The van der Waals surface area contributed by atoms with Gasteiger partial charge >= 0.3 is 0 Å². The van der Waals surface area contributed by atoms with Crippen molar-refractivity contribution in [1.29, 1.82) is 0 Å². The largest absolute Gasteiger partial charge is 0.353 e. The van der Waals surface area contributed by atoms with Crippen LogP contribution in [-0.2, 0) is 17.8 Å². The van der Waals surface area contributed by atoms with E-state index >= 15 is 0 Å². The highest BCUT2D eigenvalue weighted by Crippen LogP contribution is 2.34. The number of benzene rings is 4. The molecule has 164 valence electrons. The zero-order valence-electron chi connectivity index (χ0n) is 17.9. The van der Waals surface area contributed by atoms with Gasteiger partial charge in [0.1, 0.15) is 6.04 Å². The second kappa shape index (κ2) is 8.76. The molecule has 6 heteroatoms. The second-order valence-corrected chi connectivity index (χ2v) is 8.17. The number of nitrogens with one attached hydrogen (secondary N) is 2. The average Bonchev–Trinajstić information content (AvgIpc) is 2.86. The molecule has 4 aromatic carbocycles. The fourth-order valence-electron chi connectivity index (χ4n) is 4.37. The van der Waals surface area contributed by atoms with Gasteiger partial charge in [0.25, 0.3) is 5.91 Å². The van der Waals surface area contributed by atoms with Crippen LogP contribution in [0.1, 0.15) is 21.5 Å². The lowest BCUT2D eigenvalue weighted by Crippen LogP contribution is -2.49. The molecule has 0 saturated carbocycles. The molecule has 4 aromatic rings. The summed E-state index contributed by atoms with van der Waals surface area (Å²) in [5.41, 5.74) is 5.80. The van der Waals surface area contributed by atoms with Crippen molar-refractivity contribution in [3.05, 3.63) is 108 Å². The lowest BCUT2D eigenvalue weighted by atomic mass is 9.97. The highest BCUT2D eigenvalue weighted by Gasteiger charge is 2.33. The zero-order valence-corrected chi connectivity index (χ0v) is 17.9. The number of amides is 2. The number of carbonyl (C=O) groups is 2. The molecule has 1 aliphatic heterocycles. The molecule has 5 rings (SSSR count). The van der Waals surface area contributed by atoms with Crippen LogP contribution in [0.2, 0.25) is 0 Å². The van der Waals surface area contributed by atoms with E-state index in [4.69, 9.17) is 5.21 Å². The molecule has 0 aromatic heterocycles. The number of hydrogen-bond acceptors (Lipinski definition) is 4. The summed E-state index contributed by atoms with van der Waals surface area (Å²) in [5.74, 6) is -0.600. The SMILES string of the molecule is O=C(NO)c1ccc(CN2c3ccccc3NC(=O)[C@H]2Cc2ccc3ccccc3c2)cc1. The van der Waals surface area contributed by atoms with E-state index < -0.39 is 5.91 Å². The van der Waals surface area contributed by atoms with Crippen LogP contribution in [0, 0.1) is 0 Å². The molecule has 0 aliphatic carbocycles. The molecule has 0 unspecified atom stereocenters. The average molecular weight is 437 g/mol. The summed E-state index contributed by atoms with van der Waals surface area (Å²) in [6.07, 6.45) is 0.565. The van der Waals surface area contributed by atoms with Gasteiger partial charge in [-0.05, 0) is 46.2 Å². The summed E-state index contributed by atoms with van der Waals surface area (Å²) < 4.78 is 0. The van der Waals surface area contributed by atoms with E-state index in [9.17, 15) is 9.59 Å². The van der Waals surface area contributed by atoms with Crippen LogP contribution in [0.3, 0.4) is 0 Å². The van der Waals surface area contributed by atoms with E-state index in [1.807, 2.05) is 48.5 Å². The first-order valence-electron chi connectivity index (χ1n) is 10.8. The monoisotopic (exact) mass is 437 g/mol. The fraction of sp³-hybridized carbons (Fsp3) is 0.111. The minimum Gasteiger partial charge on any atom is -0.353 e. The molecule has 1 heterocycles. The Balaban J connectivity index is 1.48. The van der Waals surface area contributed by atoms with Crippen LogP contribution >= 0.6 is 0 Å². The van der Waals surface area contributed by atoms with Gasteiger partial charge < -0.3 is 10.2 Å². The zero-order chi connectivity index (χ0) is 22.8. The molecular weight excluding hydrogens is 414 g/mol. The number of anilines is 2.